The average molecular weight is 394 g/mol. The molecule has 2 aromatic heterocycles. The van der Waals surface area contributed by atoms with E-state index in [1.165, 1.54) is 10.9 Å². The van der Waals surface area contributed by atoms with Gasteiger partial charge in [-0.15, -0.1) is 17.5 Å². The van der Waals surface area contributed by atoms with Crippen LogP contribution < -0.4 is 5.73 Å². The summed E-state index contributed by atoms with van der Waals surface area (Å²) < 4.78 is 52.2. The largest absolute Gasteiger partial charge is 0.435 e. The maximum Gasteiger partial charge on any atom is 0.435 e. The van der Waals surface area contributed by atoms with Crippen LogP contribution in [0, 0.1) is 6.92 Å². The molecular weight excluding hydrogens is 375 g/mol. The van der Waals surface area contributed by atoms with Crippen molar-refractivity contribution in [1.29, 1.82) is 0 Å². The highest BCUT2D eigenvalue weighted by molar-refractivity contribution is 5.85. The average Bonchev–Trinajstić information content (AvgIpc) is 2.99. The van der Waals surface area contributed by atoms with Crippen LogP contribution in [-0.2, 0) is 28.7 Å². The number of aromatic nitrogens is 4. The van der Waals surface area contributed by atoms with Crippen molar-refractivity contribution in [3.05, 3.63) is 29.2 Å². The highest BCUT2D eigenvalue weighted by atomic mass is 35.5. The van der Waals surface area contributed by atoms with Crippen molar-refractivity contribution in [3.8, 4) is 11.3 Å². The normalized spacial score (nSPS) is 17.8. The van der Waals surface area contributed by atoms with Gasteiger partial charge in [-0.3, -0.25) is 4.68 Å². The highest BCUT2D eigenvalue weighted by Gasteiger charge is 2.38. The van der Waals surface area contributed by atoms with Crippen LogP contribution in [0.4, 0.5) is 13.2 Å². The van der Waals surface area contributed by atoms with Crippen molar-refractivity contribution in [2.45, 2.75) is 32.3 Å². The zero-order valence-electron chi connectivity index (χ0n) is 14.0. The topological polar surface area (TPSA) is 88.1 Å². The van der Waals surface area contributed by atoms with Gasteiger partial charge in [0.15, 0.2) is 5.69 Å². The Morgan fingerprint density at radius 3 is 2.65 bits per heavy atom. The SMILES string of the molecule is Cc1cc(CN)nnc1-c1cn(CC2COCCO2)nc1C(F)(F)F.Cl. The van der Waals surface area contributed by atoms with Gasteiger partial charge in [0.25, 0.3) is 0 Å². The first-order chi connectivity index (χ1) is 11.9. The molecule has 1 aliphatic heterocycles. The Morgan fingerprint density at radius 1 is 1.31 bits per heavy atom. The molecule has 2 N–H and O–H groups in total. The summed E-state index contributed by atoms with van der Waals surface area (Å²) in [5, 5.41) is 11.5. The van der Waals surface area contributed by atoms with Gasteiger partial charge in [0.05, 0.1) is 43.3 Å². The Kier molecular flexibility index (Phi) is 6.56. The van der Waals surface area contributed by atoms with Crippen LogP contribution in [0.15, 0.2) is 12.3 Å². The lowest BCUT2D eigenvalue weighted by molar-refractivity contribution is -0.141. The van der Waals surface area contributed by atoms with E-state index in [0.29, 0.717) is 31.1 Å². The monoisotopic (exact) mass is 393 g/mol. The van der Waals surface area contributed by atoms with Crippen LogP contribution in [-0.4, -0.2) is 45.9 Å². The molecular formula is C15H19ClF3N5O2. The number of halogens is 4. The summed E-state index contributed by atoms with van der Waals surface area (Å²) in [6, 6.07) is 1.62. The van der Waals surface area contributed by atoms with Gasteiger partial charge in [0, 0.05) is 12.7 Å². The lowest BCUT2D eigenvalue weighted by Gasteiger charge is -2.22. The van der Waals surface area contributed by atoms with Gasteiger partial charge in [0.2, 0.25) is 0 Å². The van der Waals surface area contributed by atoms with Crippen LogP contribution in [0.2, 0.25) is 0 Å². The summed E-state index contributed by atoms with van der Waals surface area (Å²) in [5.74, 6) is 0. The van der Waals surface area contributed by atoms with Crippen molar-refractivity contribution in [1.82, 2.24) is 20.0 Å². The molecule has 0 amide bonds. The smallest absolute Gasteiger partial charge is 0.376 e. The predicted molar refractivity (Wildman–Crippen MR) is 88.7 cm³/mol. The zero-order chi connectivity index (χ0) is 18.0. The number of aryl methyl sites for hydroxylation is 1. The van der Waals surface area contributed by atoms with Gasteiger partial charge in [-0.2, -0.15) is 23.4 Å². The van der Waals surface area contributed by atoms with E-state index in [4.69, 9.17) is 15.2 Å². The molecule has 3 rings (SSSR count). The maximum absolute atomic E-state index is 13.4. The lowest BCUT2D eigenvalue weighted by Crippen LogP contribution is -2.32. The third kappa shape index (κ3) is 4.50. The summed E-state index contributed by atoms with van der Waals surface area (Å²) >= 11 is 0. The fraction of sp³-hybridized carbons (Fsp3) is 0.533. The fourth-order valence-corrected chi connectivity index (χ4v) is 2.65. The first-order valence-corrected chi connectivity index (χ1v) is 7.76. The molecule has 0 spiro atoms. The van der Waals surface area contributed by atoms with Crippen molar-refractivity contribution >= 4 is 12.4 Å². The molecule has 1 fully saturated rings. The first kappa shape index (κ1) is 20.6. The molecule has 1 atom stereocenters. The molecule has 1 saturated heterocycles. The number of nitrogens with two attached hydrogens (primary N) is 1. The Labute approximate surface area is 154 Å². The quantitative estimate of drug-likeness (QED) is 0.854. The van der Waals surface area contributed by atoms with Crippen molar-refractivity contribution < 1.29 is 22.6 Å². The summed E-state index contributed by atoms with van der Waals surface area (Å²) in [6.07, 6.45) is -3.63. The van der Waals surface area contributed by atoms with Crippen LogP contribution in [0.25, 0.3) is 11.3 Å². The van der Waals surface area contributed by atoms with E-state index in [-0.39, 0.29) is 42.9 Å². The number of hydrogen-bond donors (Lipinski definition) is 1. The molecule has 1 aliphatic rings. The second-order valence-corrected chi connectivity index (χ2v) is 5.75. The number of ether oxygens (including phenoxy) is 2. The number of rotatable bonds is 4. The summed E-state index contributed by atoms with van der Waals surface area (Å²) in [4.78, 5) is 0. The Morgan fingerprint density at radius 2 is 2.08 bits per heavy atom. The third-order valence-corrected chi connectivity index (χ3v) is 3.81. The van der Waals surface area contributed by atoms with E-state index in [1.54, 1.807) is 13.0 Å². The molecule has 144 valence electrons. The molecule has 0 radical (unpaired) electrons. The van der Waals surface area contributed by atoms with E-state index in [0.717, 1.165) is 0 Å². The van der Waals surface area contributed by atoms with Crippen molar-refractivity contribution in [2.24, 2.45) is 5.73 Å². The Balaban J connectivity index is 0.00000243. The standard InChI is InChI=1S/C15H18F3N5O2.ClH/c1-9-4-10(5-19)20-21-13(9)12-7-23(22-14(12)15(16,17)18)6-11-8-24-2-3-25-11;/h4,7,11H,2-3,5-6,8,19H2,1H3;1H. The van der Waals surface area contributed by atoms with Crippen LogP contribution in [0.3, 0.4) is 0 Å². The minimum absolute atomic E-state index is 0. The molecule has 0 saturated carbocycles. The molecule has 26 heavy (non-hydrogen) atoms. The molecule has 11 heteroatoms. The van der Waals surface area contributed by atoms with E-state index >= 15 is 0 Å². The van der Waals surface area contributed by atoms with Crippen LogP contribution >= 0.6 is 12.4 Å². The Bertz CT molecular complexity index is 747. The highest BCUT2D eigenvalue weighted by Crippen LogP contribution is 2.36. The van der Waals surface area contributed by atoms with Gasteiger partial charge in [-0.25, -0.2) is 0 Å². The van der Waals surface area contributed by atoms with Crippen LogP contribution in [0.1, 0.15) is 17.0 Å². The third-order valence-electron chi connectivity index (χ3n) is 3.81. The van der Waals surface area contributed by atoms with Gasteiger partial charge in [0.1, 0.15) is 6.10 Å². The number of hydrogen-bond acceptors (Lipinski definition) is 6. The minimum atomic E-state index is -4.61. The number of nitrogens with zero attached hydrogens (tertiary/aromatic N) is 4. The van der Waals surface area contributed by atoms with Gasteiger partial charge < -0.3 is 15.2 Å². The molecule has 2 aromatic rings. The summed E-state index contributed by atoms with van der Waals surface area (Å²) in [5.41, 5.74) is 5.58. The minimum Gasteiger partial charge on any atom is -0.376 e. The second-order valence-electron chi connectivity index (χ2n) is 5.75. The van der Waals surface area contributed by atoms with Crippen LogP contribution in [0.5, 0.6) is 0 Å². The predicted octanol–water partition coefficient (Wildman–Crippen LogP) is 1.96. The lowest BCUT2D eigenvalue weighted by atomic mass is 10.1. The van der Waals surface area contributed by atoms with E-state index in [1.807, 2.05) is 0 Å². The first-order valence-electron chi connectivity index (χ1n) is 7.76. The molecule has 3 heterocycles. The molecule has 0 aliphatic carbocycles. The zero-order valence-corrected chi connectivity index (χ0v) is 14.8. The molecule has 0 bridgehead atoms. The summed E-state index contributed by atoms with van der Waals surface area (Å²) in [6.45, 7) is 3.21. The summed E-state index contributed by atoms with van der Waals surface area (Å²) in [7, 11) is 0. The second kappa shape index (κ2) is 8.30. The van der Waals surface area contributed by atoms with Gasteiger partial charge in [-0.1, -0.05) is 0 Å². The molecule has 1 unspecified atom stereocenters. The van der Waals surface area contributed by atoms with Crippen molar-refractivity contribution in [3.63, 3.8) is 0 Å². The number of alkyl halides is 3. The van der Waals surface area contributed by atoms with E-state index < -0.39 is 11.9 Å². The molecule has 0 aromatic carbocycles. The fourth-order valence-electron chi connectivity index (χ4n) is 2.65. The van der Waals surface area contributed by atoms with Gasteiger partial charge >= 0.3 is 6.18 Å². The Hall–Kier alpha value is -1.75. The maximum atomic E-state index is 13.4. The van der Waals surface area contributed by atoms with Gasteiger partial charge in [-0.05, 0) is 18.6 Å². The van der Waals surface area contributed by atoms with E-state index in [2.05, 4.69) is 15.3 Å². The van der Waals surface area contributed by atoms with Crippen molar-refractivity contribution in [2.75, 3.05) is 19.8 Å². The van der Waals surface area contributed by atoms with E-state index in [9.17, 15) is 13.2 Å². The molecule has 7 nitrogen and oxygen atoms in total.